The molecule has 0 aromatic carbocycles. The van der Waals surface area contributed by atoms with Gasteiger partial charge in [0.05, 0.1) is 6.61 Å². The van der Waals surface area contributed by atoms with Crippen LogP contribution in [0.3, 0.4) is 0 Å². The molecule has 0 bridgehead atoms. The number of rotatable bonds is 7. The summed E-state index contributed by atoms with van der Waals surface area (Å²) >= 11 is 0. The van der Waals surface area contributed by atoms with Crippen molar-refractivity contribution < 1.29 is 9.53 Å². The molecule has 0 spiro atoms. The van der Waals surface area contributed by atoms with Gasteiger partial charge in [-0.3, -0.25) is 4.79 Å². The number of hydrogen-bond donors (Lipinski definition) is 1. The normalized spacial score (nSPS) is 23.9. The second-order valence-electron chi connectivity index (χ2n) is 5.27. The van der Waals surface area contributed by atoms with Crippen molar-refractivity contribution in [3.8, 4) is 0 Å². The van der Waals surface area contributed by atoms with Crippen LogP contribution in [0.25, 0.3) is 0 Å². The highest BCUT2D eigenvalue weighted by Crippen LogP contribution is 2.32. The molecule has 1 atom stereocenters. The van der Waals surface area contributed by atoms with Crippen molar-refractivity contribution in [2.24, 2.45) is 5.92 Å². The monoisotopic (exact) mass is 240 g/mol. The van der Waals surface area contributed by atoms with Crippen LogP contribution in [0, 0.1) is 5.92 Å². The van der Waals surface area contributed by atoms with Gasteiger partial charge in [-0.2, -0.15) is 0 Å². The Morgan fingerprint density at radius 2 is 2.24 bits per heavy atom. The lowest BCUT2D eigenvalue weighted by Gasteiger charge is -2.25. The number of ether oxygens (including phenoxy) is 1. The SMILES string of the molecule is COCCN(CC1CCCN1)C(=O)CC1CC1. The third-order valence-electron chi connectivity index (χ3n) is 3.68. The van der Waals surface area contributed by atoms with Gasteiger partial charge in [0.2, 0.25) is 5.91 Å². The number of amides is 1. The third-order valence-corrected chi connectivity index (χ3v) is 3.68. The van der Waals surface area contributed by atoms with Crippen molar-refractivity contribution in [2.75, 3.05) is 33.4 Å². The summed E-state index contributed by atoms with van der Waals surface area (Å²) in [5, 5.41) is 3.45. The standard InChI is InChI=1S/C13H24N2O2/c1-17-8-7-15(10-12-3-2-6-14-12)13(16)9-11-4-5-11/h11-12,14H,2-10H2,1H3. The van der Waals surface area contributed by atoms with Crippen molar-refractivity contribution in [2.45, 2.75) is 38.1 Å². The Labute approximate surface area is 104 Å². The van der Waals surface area contributed by atoms with Crippen LogP contribution >= 0.6 is 0 Å². The van der Waals surface area contributed by atoms with E-state index in [1.165, 1.54) is 25.7 Å². The number of methoxy groups -OCH3 is 1. The number of hydrogen-bond acceptors (Lipinski definition) is 3. The van der Waals surface area contributed by atoms with Gasteiger partial charge >= 0.3 is 0 Å². The Hall–Kier alpha value is -0.610. The van der Waals surface area contributed by atoms with E-state index in [0.29, 0.717) is 24.5 Å². The van der Waals surface area contributed by atoms with E-state index in [-0.39, 0.29) is 0 Å². The molecular weight excluding hydrogens is 216 g/mol. The largest absolute Gasteiger partial charge is 0.383 e. The van der Waals surface area contributed by atoms with Crippen molar-refractivity contribution >= 4 is 5.91 Å². The van der Waals surface area contributed by atoms with Crippen LogP contribution in [0.4, 0.5) is 0 Å². The minimum atomic E-state index is 0.318. The van der Waals surface area contributed by atoms with Crippen LogP contribution in [-0.2, 0) is 9.53 Å². The zero-order chi connectivity index (χ0) is 12.1. The molecule has 1 unspecified atom stereocenters. The minimum Gasteiger partial charge on any atom is -0.383 e. The predicted molar refractivity (Wildman–Crippen MR) is 66.8 cm³/mol. The van der Waals surface area contributed by atoms with Gasteiger partial charge in [0.15, 0.2) is 0 Å². The first-order chi connectivity index (χ1) is 8.29. The lowest BCUT2D eigenvalue weighted by atomic mass is 10.2. The Morgan fingerprint density at radius 1 is 1.41 bits per heavy atom. The lowest BCUT2D eigenvalue weighted by molar-refractivity contribution is -0.132. The van der Waals surface area contributed by atoms with E-state index in [9.17, 15) is 4.79 Å². The Bertz CT molecular complexity index is 248. The first-order valence-corrected chi connectivity index (χ1v) is 6.79. The first kappa shape index (κ1) is 12.8. The van der Waals surface area contributed by atoms with E-state index in [4.69, 9.17) is 4.74 Å². The number of carbonyl (C=O) groups is 1. The molecule has 98 valence electrons. The summed E-state index contributed by atoms with van der Waals surface area (Å²) in [6.45, 7) is 3.33. The van der Waals surface area contributed by atoms with Gasteiger partial charge in [-0.05, 0) is 38.1 Å². The number of nitrogens with zero attached hydrogens (tertiary/aromatic N) is 1. The van der Waals surface area contributed by atoms with Crippen LogP contribution in [0.2, 0.25) is 0 Å². The fourth-order valence-electron chi connectivity index (χ4n) is 2.40. The predicted octanol–water partition coefficient (Wildman–Crippen LogP) is 1.01. The maximum Gasteiger partial charge on any atom is 0.222 e. The van der Waals surface area contributed by atoms with E-state index < -0.39 is 0 Å². The fourth-order valence-corrected chi connectivity index (χ4v) is 2.40. The second-order valence-corrected chi connectivity index (χ2v) is 5.27. The zero-order valence-electron chi connectivity index (χ0n) is 10.8. The molecule has 17 heavy (non-hydrogen) atoms. The van der Waals surface area contributed by atoms with Crippen molar-refractivity contribution in [1.29, 1.82) is 0 Å². The van der Waals surface area contributed by atoms with Crippen molar-refractivity contribution in [1.82, 2.24) is 10.2 Å². The third kappa shape index (κ3) is 4.28. The summed E-state index contributed by atoms with van der Waals surface area (Å²) in [4.78, 5) is 14.1. The molecule has 1 heterocycles. The summed E-state index contributed by atoms with van der Waals surface area (Å²) in [6, 6.07) is 0.495. The van der Waals surface area contributed by atoms with Gasteiger partial charge in [0.1, 0.15) is 0 Å². The maximum absolute atomic E-state index is 12.1. The van der Waals surface area contributed by atoms with Crippen molar-refractivity contribution in [3.05, 3.63) is 0 Å². The van der Waals surface area contributed by atoms with Gasteiger partial charge in [0, 0.05) is 32.7 Å². The molecule has 1 saturated heterocycles. The minimum absolute atomic E-state index is 0.318. The summed E-state index contributed by atoms with van der Waals surface area (Å²) in [5.41, 5.74) is 0. The van der Waals surface area contributed by atoms with Gasteiger partial charge in [-0.1, -0.05) is 0 Å². The highest BCUT2D eigenvalue weighted by molar-refractivity contribution is 5.76. The van der Waals surface area contributed by atoms with Gasteiger partial charge < -0.3 is 15.0 Å². The molecule has 1 aliphatic carbocycles. The molecule has 1 aliphatic heterocycles. The second kappa shape index (κ2) is 6.36. The Morgan fingerprint density at radius 3 is 2.82 bits per heavy atom. The zero-order valence-corrected chi connectivity index (χ0v) is 10.8. The molecule has 0 aromatic heterocycles. The summed E-state index contributed by atoms with van der Waals surface area (Å²) in [7, 11) is 1.69. The van der Waals surface area contributed by atoms with Gasteiger partial charge in [-0.25, -0.2) is 0 Å². The van der Waals surface area contributed by atoms with Crippen LogP contribution < -0.4 is 5.32 Å². The summed E-state index contributed by atoms with van der Waals surface area (Å²) in [5.74, 6) is 0.988. The van der Waals surface area contributed by atoms with E-state index >= 15 is 0 Å². The average molecular weight is 240 g/mol. The van der Waals surface area contributed by atoms with Crippen LogP contribution in [-0.4, -0.2) is 50.2 Å². The Balaban J connectivity index is 1.79. The van der Waals surface area contributed by atoms with E-state index in [1.54, 1.807) is 7.11 Å². The fraction of sp³-hybridized carbons (Fsp3) is 0.923. The average Bonchev–Trinajstić information content (AvgIpc) is 2.98. The maximum atomic E-state index is 12.1. The van der Waals surface area contributed by atoms with Crippen LogP contribution in [0.5, 0.6) is 0 Å². The highest BCUT2D eigenvalue weighted by atomic mass is 16.5. The smallest absolute Gasteiger partial charge is 0.222 e. The Kier molecular flexibility index (Phi) is 4.80. The molecule has 0 aromatic rings. The first-order valence-electron chi connectivity index (χ1n) is 6.79. The van der Waals surface area contributed by atoms with E-state index in [0.717, 1.165) is 26.1 Å². The van der Waals surface area contributed by atoms with E-state index in [1.807, 2.05) is 4.90 Å². The molecule has 1 amide bonds. The number of carbonyl (C=O) groups excluding carboxylic acids is 1. The molecule has 4 heteroatoms. The molecule has 1 N–H and O–H groups in total. The van der Waals surface area contributed by atoms with Crippen LogP contribution in [0.1, 0.15) is 32.1 Å². The summed E-state index contributed by atoms with van der Waals surface area (Å²) < 4.78 is 5.09. The number of nitrogens with one attached hydrogen (secondary N) is 1. The molecular formula is C13H24N2O2. The lowest BCUT2D eigenvalue weighted by Crippen LogP contribution is -2.42. The van der Waals surface area contributed by atoms with Crippen molar-refractivity contribution in [3.63, 3.8) is 0 Å². The molecule has 2 fully saturated rings. The highest BCUT2D eigenvalue weighted by Gasteiger charge is 2.28. The van der Waals surface area contributed by atoms with E-state index in [2.05, 4.69) is 5.32 Å². The molecule has 4 nitrogen and oxygen atoms in total. The van der Waals surface area contributed by atoms with Crippen LogP contribution in [0.15, 0.2) is 0 Å². The molecule has 2 aliphatic rings. The molecule has 1 saturated carbocycles. The quantitative estimate of drug-likeness (QED) is 0.722. The molecule has 0 radical (unpaired) electrons. The van der Waals surface area contributed by atoms with Gasteiger partial charge in [0.25, 0.3) is 0 Å². The summed E-state index contributed by atoms with van der Waals surface area (Å²) in [6.07, 6.45) is 5.66. The molecule has 2 rings (SSSR count). The van der Waals surface area contributed by atoms with Gasteiger partial charge in [-0.15, -0.1) is 0 Å². The topological polar surface area (TPSA) is 41.6 Å².